The number of nitrogens with one attached hydrogen (secondary N) is 1. The Morgan fingerprint density at radius 2 is 1.83 bits per heavy atom. The number of thioether (sulfide) groups is 1. The third-order valence-corrected chi connectivity index (χ3v) is 4.25. The molecule has 1 aromatic rings. The van der Waals surface area contributed by atoms with Crippen LogP contribution in [0.2, 0.25) is 5.02 Å². The molecule has 128 valence electrons. The van der Waals surface area contributed by atoms with Crippen molar-refractivity contribution >= 4 is 35.2 Å². The second-order valence-corrected chi connectivity index (χ2v) is 7.86. The minimum absolute atomic E-state index is 0.00183. The summed E-state index contributed by atoms with van der Waals surface area (Å²) in [5, 5.41) is 3.58. The summed E-state index contributed by atoms with van der Waals surface area (Å²) in [5.74, 6) is 0.550. The monoisotopic (exact) mass is 356 g/mol. The minimum Gasteiger partial charge on any atom is -0.350 e. The number of amides is 2. The number of carbonyl (C=O) groups excluding carboxylic acids is 2. The van der Waals surface area contributed by atoms with Gasteiger partial charge in [-0.25, -0.2) is 0 Å². The van der Waals surface area contributed by atoms with E-state index in [1.165, 1.54) is 0 Å². The highest BCUT2D eigenvalue weighted by atomic mass is 35.5. The fraction of sp³-hybridized carbons (Fsp3) is 0.529. The van der Waals surface area contributed by atoms with Crippen molar-refractivity contribution < 1.29 is 9.59 Å². The molecular formula is C17H25ClN2O2S. The average molecular weight is 357 g/mol. The van der Waals surface area contributed by atoms with Gasteiger partial charge in [0.1, 0.15) is 0 Å². The van der Waals surface area contributed by atoms with Crippen LogP contribution in [-0.2, 0) is 9.59 Å². The Bertz CT molecular complexity index is 526. The molecule has 0 aliphatic carbocycles. The molecule has 0 spiro atoms. The Hall–Kier alpha value is -1.20. The van der Waals surface area contributed by atoms with Crippen LogP contribution in [0.4, 0.5) is 0 Å². The Morgan fingerprint density at radius 3 is 2.35 bits per heavy atom. The average Bonchev–Trinajstić information content (AvgIpc) is 2.44. The van der Waals surface area contributed by atoms with Crippen molar-refractivity contribution in [1.82, 2.24) is 10.2 Å². The third kappa shape index (κ3) is 8.28. The molecule has 1 rings (SSSR count). The summed E-state index contributed by atoms with van der Waals surface area (Å²) < 4.78 is 0. The Balaban J connectivity index is 2.41. The van der Waals surface area contributed by atoms with E-state index in [9.17, 15) is 9.59 Å². The summed E-state index contributed by atoms with van der Waals surface area (Å²) in [6.45, 7) is 8.29. The molecular weight excluding hydrogens is 332 g/mol. The number of rotatable bonds is 7. The lowest BCUT2D eigenvalue weighted by molar-refractivity contribution is -0.136. The summed E-state index contributed by atoms with van der Waals surface area (Å²) in [6.07, 6.45) is 0.407. The molecule has 0 saturated heterocycles. The van der Waals surface area contributed by atoms with Crippen LogP contribution in [0.5, 0.6) is 0 Å². The summed E-state index contributed by atoms with van der Waals surface area (Å²) in [7, 11) is 0. The number of likely N-dealkylation sites (N-methyl/N-ethyl adjacent to an activating group) is 1. The van der Waals surface area contributed by atoms with Crippen LogP contribution < -0.4 is 5.32 Å². The van der Waals surface area contributed by atoms with Gasteiger partial charge in [0.15, 0.2) is 0 Å². The topological polar surface area (TPSA) is 49.4 Å². The maximum absolute atomic E-state index is 12.2. The minimum atomic E-state index is -0.288. The predicted molar refractivity (Wildman–Crippen MR) is 96.9 cm³/mol. The highest BCUT2D eigenvalue weighted by molar-refractivity contribution is 7.99. The number of hydrogen-bond donors (Lipinski definition) is 1. The molecule has 0 saturated carbocycles. The van der Waals surface area contributed by atoms with Gasteiger partial charge in [-0.15, -0.1) is 11.8 Å². The van der Waals surface area contributed by atoms with E-state index in [-0.39, 0.29) is 23.9 Å². The van der Waals surface area contributed by atoms with E-state index in [2.05, 4.69) is 5.32 Å². The largest absolute Gasteiger partial charge is 0.350 e. The molecule has 0 aliphatic rings. The summed E-state index contributed by atoms with van der Waals surface area (Å²) in [6, 6.07) is 7.54. The molecule has 0 unspecified atom stereocenters. The van der Waals surface area contributed by atoms with E-state index in [0.29, 0.717) is 23.7 Å². The van der Waals surface area contributed by atoms with Gasteiger partial charge in [-0.3, -0.25) is 9.59 Å². The van der Waals surface area contributed by atoms with Crippen LogP contribution >= 0.6 is 23.4 Å². The molecule has 23 heavy (non-hydrogen) atoms. The summed E-state index contributed by atoms with van der Waals surface area (Å²) in [4.78, 5) is 26.8. The predicted octanol–water partition coefficient (Wildman–Crippen LogP) is 3.59. The van der Waals surface area contributed by atoms with Gasteiger partial charge in [-0.05, 0) is 52.0 Å². The van der Waals surface area contributed by atoms with Crippen LogP contribution in [0.25, 0.3) is 0 Å². The zero-order valence-electron chi connectivity index (χ0n) is 14.2. The lowest BCUT2D eigenvalue weighted by atomic mass is 10.1. The summed E-state index contributed by atoms with van der Waals surface area (Å²) >= 11 is 7.45. The molecule has 0 heterocycles. The first-order valence-electron chi connectivity index (χ1n) is 7.68. The van der Waals surface area contributed by atoms with E-state index in [4.69, 9.17) is 11.6 Å². The Morgan fingerprint density at radius 1 is 1.22 bits per heavy atom. The van der Waals surface area contributed by atoms with Crippen LogP contribution in [0.3, 0.4) is 0 Å². The molecule has 4 nitrogen and oxygen atoms in total. The lowest BCUT2D eigenvalue weighted by Crippen LogP contribution is -2.47. The molecule has 0 fully saturated rings. The highest BCUT2D eigenvalue weighted by Gasteiger charge is 2.19. The summed E-state index contributed by atoms with van der Waals surface area (Å²) in [5.41, 5.74) is -0.288. The maximum Gasteiger partial charge on any atom is 0.240 e. The van der Waals surface area contributed by atoms with Gasteiger partial charge in [0.2, 0.25) is 11.8 Å². The molecule has 0 bridgehead atoms. The van der Waals surface area contributed by atoms with Gasteiger partial charge in [0.05, 0.1) is 6.54 Å². The smallest absolute Gasteiger partial charge is 0.240 e. The first-order valence-corrected chi connectivity index (χ1v) is 9.05. The first kappa shape index (κ1) is 19.8. The normalized spacial score (nSPS) is 11.2. The number of benzene rings is 1. The van der Waals surface area contributed by atoms with E-state index in [1.54, 1.807) is 16.7 Å². The fourth-order valence-electron chi connectivity index (χ4n) is 1.95. The van der Waals surface area contributed by atoms with Crippen LogP contribution in [0.1, 0.15) is 34.1 Å². The standard InChI is InChI=1S/C17H25ClN2O2S/c1-5-20(12-15(21)19-17(2,3)4)16(22)10-11-23-14-8-6-13(18)7-9-14/h6-9H,5,10-12H2,1-4H3,(H,19,21). The number of hydrogen-bond acceptors (Lipinski definition) is 3. The first-order chi connectivity index (χ1) is 10.7. The Kier molecular flexibility index (Phi) is 7.92. The Labute approximate surface area is 148 Å². The van der Waals surface area contributed by atoms with Crippen molar-refractivity contribution in [1.29, 1.82) is 0 Å². The van der Waals surface area contributed by atoms with Crippen molar-refractivity contribution in [2.45, 2.75) is 44.6 Å². The van der Waals surface area contributed by atoms with E-state index < -0.39 is 0 Å². The van der Waals surface area contributed by atoms with Gasteiger partial charge in [0, 0.05) is 34.2 Å². The number of halogens is 1. The molecule has 2 amide bonds. The van der Waals surface area contributed by atoms with Crippen molar-refractivity contribution in [2.24, 2.45) is 0 Å². The third-order valence-electron chi connectivity index (χ3n) is 2.98. The fourth-order valence-corrected chi connectivity index (χ4v) is 2.92. The van der Waals surface area contributed by atoms with Crippen LogP contribution in [-0.4, -0.2) is 41.1 Å². The van der Waals surface area contributed by atoms with Gasteiger partial charge in [-0.2, -0.15) is 0 Å². The maximum atomic E-state index is 12.2. The molecule has 1 N–H and O–H groups in total. The van der Waals surface area contributed by atoms with Crippen LogP contribution in [0.15, 0.2) is 29.2 Å². The molecule has 0 atom stereocenters. The molecule has 0 radical (unpaired) electrons. The molecule has 6 heteroatoms. The SMILES string of the molecule is CCN(CC(=O)NC(C)(C)C)C(=O)CCSc1ccc(Cl)cc1. The van der Waals surface area contributed by atoms with Gasteiger partial charge >= 0.3 is 0 Å². The molecule has 0 aliphatic heterocycles. The molecule has 0 aromatic heterocycles. The zero-order valence-corrected chi connectivity index (χ0v) is 15.8. The highest BCUT2D eigenvalue weighted by Crippen LogP contribution is 2.21. The number of carbonyl (C=O) groups is 2. The van der Waals surface area contributed by atoms with E-state index >= 15 is 0 Å². The van der Waals surface area contributed by atoms with Gasteiger partial charge in [-0.1, -0.05) is 11.6 Å². The molecule has 1 aromatic carbocycles. The van der Waals surface area contributed by atoms with E-state index in [1.807, 2.05) is 52.0 Å². The van der Waals surface area contributed by atoms with Crippen molar-refractivity contribution in [3.63, 3.8) is 0 Å². The van der Waals surface area contributed by atoms with Gasteiger partial charge in [0.25, 0.3) is 0 Å². The second kappa shape index (κ2) is 9.18. The quantitative estimate of drug-likeness (QED) is 0.759. The van der Waals surface area contributed by atoms with E-state index in [0.717, 1.165) is 4.90 Å². The lowest BCUT2D eigenvalue weighted by Gasteiger charge is -2.25. The van der Waals surface area contributed by atoms with Gasteiger partial charge < -0.3 is 10.2 Å². The van der Waals surface area contributed by atoms with Crippen LogP contribution in [0, 0.1) is 0 Å². The number of nitrogens with zero attached hydrogens (tertiary/aromatic N) is 1. The van der Waals surface area contributed by atoms with Crippen molar-refractivity contribution in [3.8, 4) is 0 Å². The zero-order chi connectivity index (χ0) is 17.5. The van der Waals surface area contributed by atoms with Crippen molar-refractivity contribution in [2.75, 3.05) is 18.8 Å². The second-order valence-electron chi connectivity index (χ2n) is 6.26. The van der Waals surface area contributed by atoms with Crippen molar-refractivity contribution in [3.05, 3.63) is 29.3 Å².